The van der Waals surface area contributed by atoms with Crippen LogP contribution in [0, 0.1) is 6.57 Å². The zero-order valence-corrected chi connectivity index (χ0v) is 9.69. The molecular formula is C13H16N2O2. The van der Waals surface area contributed by atoms with Gasteiger partial charge in [-0.1, -0.05) is 18.2 Å². The van der Waals surface area contributed by atoms with Gasteiger partial charge in [0.2, 0.25) is 6.54 Å². The molecule has 0 bridgehead atoms. The molecule has 1 N–H and O–H groups in total. The summed E-state index contributed by atoms with van der Waals surface area (Å²) in [5.41, 5.74) is 0.570. The Morgan fingerprint density at radius 3 is 2.76 bits per heavy atom. The Hall–Kier alpha value is -1.86. The van der Waals surface area contributed by atoms with Crippen LogP contribution in [0.1, 0.15) is 16.8 Å². The maximum absolute atomic E-state index is 11.5. The Morgan fingerprint density at radius 1 is 1.29 bits per heavy atom. The SMILES string of the molecule is [C-]#[N+]CCCNCCOC(=O)c1ccccc1. The van der Waals surface area contributed by atoms with Gasteiger partial charge in [0.1, 0.15) is 6.61 Å². The minimum absolute atomic E-state index is 0.298. The molecule has 0 atom stereocenters. The molecule has 4 heteroatoms. The van der Waals surface area contributed by atoms with E-state index in [1.54, 1.807) is 24.3 Å². The second kappa shape index (κ2) is 8.31. The summed E-state index contributed by atoms with van der Waals surface area (Å²) < 4.78 is 5.07. The van der Waals surface area contributed by atoms with E-state index in [1.807, 2.05) is 6.07 Å². The summed E-state index contributed by atoms with van der Waals surface area (Å²) >= 11 is 0. The van der Waals surface area contributed by atoms with Crippen LogP contribution in [0.3, 0.4) is 0 Å². The van der Waals surface area contributed by atoms with Gasteiger partial charge in [0, 0.05) is 19.5 Å². The van der Waals surface area contributed by atoms with Crippen LogP contribution in [0.15, 0.2) is 30.3 Å². The fourth-order valence-corrected chi connectivity index (χ4v) is 1.28. The molecule has 0 radical (unpaired) electrons. The van der Waals surface area contributed by atoms with Gasteiger partial charge in [-0.05, 0) is 12.1 Å². The van der Waals surface area contributed by atoms with Crippen LogP contribution in [-0.2, 0) is 4.74 Å². The molecule has 4 nitrogen and oxygen atoms in total. The minimum Gasteiger partial charge on any atom is -0.461 e. The fraction of sp³-hybridized carbons (Fsp3) is 0.385. The lowest BCUT2D eigenvalue weighted by Gasteiger charge is -2.05. The molecule has 0 fully saturated rings. The number of hydrogen-bond donors (Lipinski definition) is 1. The number of nitrogens with one attached hydrogen (secondary N) is 1. The predicted octanol–water partition coefficient (Wildman–Crippen LogP) is 1.74. The number of carbonyl (C=O) groups is 1. The molecule has 0 spiro atoms. The van der Waals surface area contributed by atoms with Gasteiger partial charge in [0.25, 0.3) is 0 Å². The molecule has 0 aliphatic heterocycles. The van der Waals surface area contributed by atoms with Crippen molar-refractivity contribution in [3.8, 4) is 0 Å². The highest BCUT2D eigenvalue weighted by atomic mass is 16.5. The number of nitrogens with zero attached hydrogens (tertiary/aromatic N) is 1. The zero-order chi connectivity index (χ0) is 12.3. The molecule has 17 heavy (non-hydrogen) atoms. The average Bonchev–Trinajstić information content (AvgIpc) is 2.38. The molecular weight excluding hydrogens is 216 g/mol. The molecule has 0 aliphatic carbocycles. The Labute approximate surface area is 101 Å². The summed E-state index contributed by atoms with van der Waals surface area (Å²) in [5, 5.41) is 3.11. The molecule has 0 saturated heterocycles. The van der Waals surface area contributed by atoms with E-state index in [9.17, 15) is 4.79 Å². The smallest absolute Gasteiger partial charge is 0.338 e. The Balaban J connectivity index is 2.07. The van der Waals surface area contributed by atoms with Gasteiger partial charge >= 0.3 is 5.97 Å². The highest BCUT2D eigenvalue weighted by molar-refractivity contribution is 5.89. The maximum atomic E-state index is 11.5. The molecule has 1 aromatic carbocycles. The van der Waals surface area contributed by atoms with Gasteiger partial charge in [-0.2, -0.15) is 0 Å². The third-order valence-electron chi connectivity index (χ3n) is 2.14. The van der Waals surface area contributed by atoms with Crippen molar-refractivity contribution >= 4 is 5.97 Å². The summed E-state index contributed by atoms with van der Waals surface area (Å²) in [7, 11) is 0. The van der Waals surface area contributed by atoms with Crippen molar-refractivity contribution < 1.29 is 9.53 Å². The first-order valence-corrected chi connectivity index (χ1v) is 5.60. The third-order valence-corrected chi connectivity index (χ3v) is 2.14. The van der Waals surface area contributed by atoms with Crippen LogP contribution in [0.2, 0.25) is 0 Å². The summed E-state index contributed by atoms with van der Waals surface area (Å²) in [5.74, 6) is -0.298. The van der Waals surface area contributed by atoms with E-state index in [0.29, 0.717) is 25.3 Å². The highest BCUT2D eigenvalue weighted by Gasteiger charge is 2.04. The lowest BCUT2D eigenvalue weighted by molar-refractivity contribution is 0.0509. The number of carbonyl (C=O) groups excluding carboxylic acids is 1. The first kappa shape index (κ1) is 13.2. The average molecular weight is 232 g/mol. The molecule has 0 aromatic heterocycles. The first-order valence-electron chi connectivity index (χ1n) is 5.60. The highest BCUT2D eigenvalue weighted by Crippen LogP contribution is 2.00. The van der Waals surface area contributed by atoms with Gasteiger partial charge in [-0.25, -0.2) is 11.4 Å². The van der Waals surface area contributed by atoms with Crippen molar-refractivity contribution in [2.75, 3.05) is 26.2 Å². The maximum Gasteiger partial charge on any atom is 0.338 e. The zero-order valence-electron chi connectivity index (χ0n) is 9.69. The Bertz CT molecular complexity index is 371. The van der Waals surface area contributed by atoms with E-state index in [0.717, 1.165) is 13.0 Å². The fourth-order valence-electron chi connectivity index (χ4n) is 1.28. The van der Waals surface area contributed by atoms with E-state index < -0.39 is 0 Å². The van der Waals surface area contributed by atoms with Crippen molar-refractivity contribution in [2.24, 2.45) is 0 Å². The Kier molecular flexibility index (Phi) is 6.46. The molecule has 90 valence electrons. The minimum atomic E-state index is -0.298. The quantitative estimate of drug-likeness (QED) is 0.442. The molecule has 0 heterocycles. The number of hydrogen-bond acceptors (Lipinski definition) is 3. The molecule has 0 saturated carbocycles. The summed E-state index contributed by atoms with van der Waals surface area (Å²) in [4.78, 5) is 14.7. The standard InChI is InChI=1S/C13H16N2O2/c1-14-8-5-9-15-10-11-17-13(16)12-6-3-2-4-7-12/h2-4,6-7,15H,5,8-11H2. The second-order valence-corrected chi connectivity index (χ2v) is 3.49. The van der Waals surface area contributed by atoms with Gasteiger partial charge in [0.15, 0.2) is 0 Å². The van der Waals surface area contributed by atoms with Crippen LogP contribution in [0.25, 0.3) is 4.85 Å². The number of benzene rings is 1. The molecule has 1 rings (SSSR count). The van der Waals surface area contributed by atoms with E-state index in [-0.39, 0.29) is 5.97 Å². The van der Waals surface area contributed by atoms with Crippen LogP contribution in [0.5, 0.6) is 0 Å². The number of esters is 1. The Morgan fingerprint density at radius 2 is 2.06 bits per heavy atom. The van der Waals surface area contributed by atoms with Crippen LogP contribution < -0.4 is 5.32 Å². The van der Waals surface area contributed by atoms with E-state index >= 15 is 0 Å². The monoisotopic (exact) mass is 232 g/mol. The van der Waals surface area contributed by atoms with Crippen LogP contribution in [-0.4, -0.2) is 32.2 Å². The summed E-state index contributed by atoms with van der Waals surface area (Å²) in [6, 6.07) is 8.92. The lowest BCUT2D eigenvalue weighted by Crippen LogP contribution is -2.22. The summed E-state index contributed by atoms with van der Waals surface area (Å²) in [6.07, 6.45) is 0.829. The topological polar surface area (TPSA) is 42.7 Å². The number of ether oxygens (including phenoxy) is 1. The van der Waals surface area contributed by atoms with Gasteiger partial charge in [-0.15, -0.1) is 0 Å². The van der Waals surface area contributed by atoms with Crippen LogP contribution >= 0.6 is 0 Å². The predicted molar refractivity (Wildman–Crippen MR) is 65.7 cm³/mol. The number of rotatable bonds is 7. The van der Waals surface area contributed by atoms with Gasteiger partial charge < -0.3 is 14.9 Å². The molecule has 0 amide bonds. The van der Waals surface area contributed by atoms with Gasteiger partial charge in [-0.3, -0.25) is 0 Å². The van der Waals surface area contributed by atoms with Crippen molar-refractivity contribution in [3.63, 3.8) is 0 Å². The van der Waals surface area contributed by atoms with Crippen molar-refractivity contribution in [2.45, 2.75) is 6.42 Å². The van der Waals surface area contributed by atoms with E-state index in [1.165, 1.54) is 0 Å². The van der Waals surface area contributed by atoms with Crippen molar-refractivity contribution in [1.82, 2.24) is 5.32 Å². The van der Waals surface area contributed by atoms with Crippen molar-refractivity contribution in [1.29, 1.82) is 0 Å². The van der Waals surface area contributed by atoms with Crippen LogP contribution in [0.4, 0.5) is 0 Å². The normalized spacial score (nSPS) is 9.59. The van der Waals surface area contributed by atoms with Gasteiger partial charge in [0.05, 0.1) is 5.56 Å². The first-order chi connectivity index (χ1) is 8.34. The van der Waals surface area contributed by atoms with Crippen molar-refractivity contribution in [3.05, 3.63) is 47.3 Å². The largest absolute Gasteiger partial charge is 0.461 e. The molecule has 1 aromatic rings. The third kappa shape index (κ3) is 5.69. The second-order valence-electron chi connectivity index (χ2n) is 3.49. The van der Waals surface area contributed by atoms with E-state index in [4.69, 9.17) is 11.3 Å². The molecule has 0 unspecified atom stereocenters. The summed E-state index contributed by atoms with van der Waals surface area (Å²) in [6.45, 7) is 8.89. The molecule has 0 aliphatic rings. The van der Waals surface area contributed by atoms with E-state index in [2.05, 4.69) is 10.2 Å². The lowest BCUT2D eigenvalue weighted by atomic mass is 10.2.